The highest BCUT2D eigenvalue weighted by Crippen LogP contribution is 2.22. The van der Waals surface area contributed by atoms with Gasteiger partial charge in [0.05, 0.1) is 5.56 Å². The van der Waals surface area contributed by atoms with Gasteiger partial charge in [0.25, 0.3) is 0 Å². The van der Waals surface area contributed by atoms with Crippen LogP contribution in [0.3, 0.4) is 0 Å². The van der Waals surface area contributed by atoms with Gasteiger partial charge in [-0.3, -0.25) is 4.79 Å². The van der Waals surface area contributed by atoms with E-state index in [1.54, 1.807) is 18.2 Å². The molecular formula is C20H23NO3. The Labute approximate surface area is 142 Å². The molecule has 1 amide bonds. The number of carbonyl (C=O) groups excluding carboxylic acids is 1. The van der Waals surface area contributed by atoms with Crippen molar-refractivity contribution in [1.82, 2.24) is 5.32 Å². The van der Waals surface area contributed by atoms with Gasteiger partial charge in [-0.25, -0.2) is 4.79 Å². The maximum absolute atomic E-state index is 12.4. The lowest BCUT2D eigenvalue weighted by molar-refractivity contribution is -0.129. The van der Waals surface area contributed by atoms with Crippen LogP contribution in [0.1, 0.15) is 35.3 Å². The number of carbonyl (C=O) groups is 2. The third kappa shape index (κ3) is 4.95. The molecule has 0 aliphatic rings. The van der Waals surface area contributed by atoms with E-state index < -0.39 is 11.4 Å². The first-order chi connectivity index (χ1) is 11.4. The fraction of sp³-hybridized carbons (Fsp3) is 0.300. The maximum atomic E-state index is 12.4. The van der Waals surface area contributed by atoms with Crippen molar-refractivity contribution in [1.29, 1.82) is 0 Å². The van der Waals surface area contributed by atoms with Gasteiger partial charge in [-0.2, -0.15) is 0 Å². The Kier molecular flexibility index (Phi) is 5.74. The van der Waals surface area contributed by atoms with Crippen molar-refractivity contribution in [3.63, 3.8) is 0 Å². The predicted octanol–water partition coefficient (Wildman–Crippen LogP) is 3.31. The molecule has 0 fully saturated rings. The molecule has 2 aromatic rings. The minimum atomic E-state index is -0.940. The van der Waals surface area contributed by atoms with E-state index in [0.717, 1.165) is 11.1 Å². The molecule has 0 aliphatic carbocycles. The monoisotopic (exact) mass is 325 g/mol. The fourth-order valence-corrected chi connectivity index (χ4v) is 2.61. The first-order valence-corrected chi connectivity index (χ1v) is 8.03. The van der Waals surface area contributed by atoms with Crippen LogP contribution in [-0.2, 0) is 17.6 Å². The summed E-state index contributed by atoms with van der Waals surface area (Å²) in [5.41, 5.74) is 1.80. The van der Waals surface area contributed by atoms with Gasteiger partial charge < -0.3 is 10.4 Å². The smallest absolute Gasteiger partial charge is 0.335 e. The molecule has 2 rings (SSSR count). The Morgan fingerprint density at radius 2 is 1.67 bits per heavy atom. The summed E-state index contributed by atoms with van der Waals surface area (Å²) in [7, 11) is 0. The SMILES string of the molecule is CC(C)(Cc1ccccc1)C(=O)NCCc1cccc(C(=O)O)c1. The molecule has 0 saturated carbocycles. The van der Waals surface area contributed by atoms with E-state index in [-0.39, 0.29) is 11.5 Å². The summed E-state index contributed by atoms with van der Waals surface area (Å²) in [4.78, 5) is 23.4. The van der Waals surface area contributed by atoms with Crippen molar-refractivity contribution in [2.24, 2.45) is 5.41 Å². The summed E-state index contributed by atoms with van der Waals surface area (Å²) in [6.07, 6.45) is 1.28. The molecule has 0 aliphatic heterocycles. The molecule has 126 valence electrons. The van der Waals surface area contributed by atoms with Crippen LogP contribution in [0, 0.1) is 5.41 Å². The highest BCUT2D eigenvalue weighted by Gasteiger charge is 2.27. The quantitative estimate of drug-likeness (QED) is 0.821. The maximum Gasteiger partial charge on any atom is 0.335 e. The summed E-state index contributed by atoms with van der Waals surface area (Å²) in [5.74, 6) is -0.939. The van der Waals surface area contributed by atoms with Gasteiger partial charge in [0, 0.05) is 12.0 Å². The Bertz CT molecular complexity index is 708. The van der Waals surface area contributed by atoms with Gasteiger partial charge in [-0.1, -0.05) is 56.3 Å². The zero-order valence-corrected chi connectivity index (χ0v) is 14.1. The Morgan fingerprint density at radius 1 is 1.00 bits per heavy atom. The average molecular weight is 325 g/mol. The Balaban J connectivity index is 1.88. The van der Waals surface area contributed by atoms with Crippen LogP contribution in [0.4, 0.5) is 0 Å². The molecule has 4 heteroatoms. The molecule has 0 heterocycles. The van der Waals surface area contributed by atoms with Gasteiger partial charge in [0.15, 0.2) is 0 Å². The van der Waals surface area contributed by atoms with Crippen LogP contribution >= 0.6 is 0 Å². The largest absolute Gasteiger partial charge is 0.478 e. The number of aromatic carboxylic acids is 1. The van der Waals surface area contributed by atoms with Crippen molar-refractivity contribution in [3.05, 3.63) is 71.3 Å². The summed E-state index contributed by atoms with van der Waals surface area (Å²) in [6, 6.07) is 16.7. The lowest BCUT2D eigenvalue weighted by atomic mass is 9.85. The van der Waals surface area contributed by atoms with E-state index in [1.165, 1.54) is 0 Å². The topological polar surface area (TPSA) is 66.4 Å². The van der Waals surface area contributed by atoms with Gasteiger partial charge in [-0.15, -0.1) is 0 Å². The lowest BCUT2D eigenvalue weighted by Crippen LogP contribution is -2.39. The average Bonchev–Trinajstić information content (AvgIpc) is 2.55. The number of rotatable bonds is 7. The molecule has 0 aromatic heterocycles. The van der Waals surface area contributed by atoms with Gasteiger partial charge >= 0.3 is 5.97 Å². The van der Waals surface area contributed by atoms with Crippen molar-refractivity contribution in [2.45, 2.75) is 26.7 Å². The van der Waals surface area contributed by atoms with Crippen LogP contribution in [0.25, 0.3) is 0 Å². The second-order valence-electron chi connectivity index (χ2n) is 6.56. The number of benzene rings is 2. The summed E-state index contributed by atoms with van der Waals surface area (Å²) >= 11 is 0. The van der Waals surface area contributed by atoms with E-state index in [4.69, 9.17) is 5.11 Å². The molecule has 0 spiro atoms. The summed E-state index contributed by atoms with van der Waals surface area (Å²) in [6.45, 7) is 4.35. The van der Waals surface area contributed by atoms with Crippen molar-refractivity contribution >= 4 is 11.9 Å². The first-order valence-electron chi connectivity index (χ1n) is 8.03. The first kappa shape index (κ1) is 17.7. The molecular weight excluding hydrogens is 302 g/mol. The minimum absolute atomic E-state index is 0.000687. The number of carboxylic acid groups (broad SMARTS) is 1. The highest BCUT2D eigenvalue weighted by molar-refractivity contribution is 5.87. The summed E-state index contributed by atoms with van der Waals surface area (Å²) < 4.78 is 0. The van der Waals surface area contributed by atoms with Crippen LogP contribution < -0.4 is 5.32 Å². The minimum Gasteiger partial charge on any atom is -0.478 e. The van der Waals surface area contributed by atoms with Crippen molar-refractivity contribution in [2.75, 3.05) is 6.54 Å². The molecule has 2 aromatic carbocycles. The Hall–Kier alpha value is -2.62. The van der Waals surface area contributed by atoms with E-state index in [2.05, 4.69) is 5.32 Å². The third-order valence-corrected chi connectivity index (χ3v) is 3.98. The molecule has 24 heavy (non-hydrogen) atoms. The standard InChI is InChI=1S/C20H23NO3/c1-20(2,14-16-7-4-3-5-8-16)19(24)21-12-11-15-9-6-10-17(13-15)18(22)23/h3-10,13H,11-12,14H2,1-2H3,(H,21,24)(H,22,23). The van der Waals surface area contributed by atoms with Gasteiger partial charge in [0.1, 0.15) is 0 Å². The molecule has 0 radical (unpaired) electrons. The lowest BCUT2D eigenvalue weighted by Gasteiger charge is -2.23. The molecule has 2 N–H and O–H groups in total. The van der Waals surface area contributed by atoms with Crippen molar-refractivity contribution in [3.8, 4) is 0 Å². The predicted molar refractivity (Wildman–Crippen MR) is 94.0 cm³/mol. The normalized spacial score (nSPS) is 11.1. The zero-order valence-electron chi connectivity index (χ0n) is 14.1. The summed E-state index contributed by atoms with van der Waals surface area (Å²) in [5, 5.41) is 12.0. The van der Waals surface area contributed by atoms with Gasteiger partial charge in [0.2, 0.25) is 5.91 Å². The highest BCUT2D eigenvalue weighted by atomic mass is 16.4. The van der Waals surface area contributed by atoms with E-state index in [0.29, 0.717) is 19.4 Å². The number of amides is 1. The molecule has 0 bridgehead atoms. The molecule has 0 unspecified atom stereocenters. The van der Waals surface area contributed by atoms with Crippen LogP contribution in [0.5, 0.6) is 0 Å². The number of nitrogens with one attached hydrogen (secondary N) is 1. The Morgan fingerprint density at radius 3 is 2.33 bits per heavy atom. The molecule has 0 saturated heterocycles. The fourth-order valence-electron chi connectivity index (χ4n) is 2.61. The van der Waals surface area contributed by atoms with E-state index >= 15 is 0 Å². The zero-order chi connectivity index (χ0) is 17.6. The van der Waals surface area contributed by atoms with Crippen molar-refractivity contribution < 1.29 is 14.7 Å². The molecule has 0 atom stereocenters. The van der Waals surface area contributed by atoms with Crippen LogP contribution in [0.2, 0.25) is 0 Å². The second-order valence-corrected chi connectivity index (χ2v) is 6.56. The molecule has 4 nitrogen and oxygen atoms in total. The van der Waals surface area contributed by atoms with Crippen LogP contribution in [-0.4, -0.2) is 23.5 Å². The second kappa shape index (κ2) is 7.77. The number of hydrogen-bond donors (Lipinski definition) is 2. The van der Waals surface area contributed by atoms with Gasteiger partial charge in [-0.05, 0) is 36.1 Å². The number of hydrogen-bond acceptors (Lipinski definition) is 2. The number of carboxylic acids is 1. The van der Waals surface area contributed by atoms with E-state index in [9.17, 15) is 9.59 Å². The third-order valence-electron chi connectivity index (χ3n) is 3.98. The van der Waals surface area contributed by atoms with Crippen LogP contribution in [0.15, 0.2) is 54.6 Å². The van der Waals surface area contributed by atoms with E-state index in [1.807, 2.05) is 50.2 Å².